The Morgan fingerprint density at radius 1 is 1.00 bits per heavy atom. The van der Waals surface area contributed by atoms with Crippen molar-refractivity contribution >= 4 is 0 Å². The van der Waals surface area contributed by atoms with Crippen LogP contribution in [0.5, 0.6) is 0 Å². The second kappa shape index (κ2) is 4.30. The van der Waals surface area contributed by atoms with E-state index >= 15 is 0 Å². The monoisotopic (exact) mass is 160 g/mol. The van der Waals surface area contributed by atoms with Gasteiger partial charge in [-0.25, -0.2) is 0 Å². The van der Waals surface area contributed by atoms with Crippen molar-refractivity contribution in [1.82, 2.24) is 0 Å². The fourth-order valence-corrected chi connectivity index (χ4v) is 0.964. The molecule has 2 radical (unpaired) electrons. The van der Waals surface area contributed by atoms with Gasteiger partial charge in [-0.2, -0.15) is 0 Å². The normalized spacial score (nSPS) is 13.3. The van der Waals surface area contributed by atoms with Crippen molar-refractivity contribution in [2.45, 2.75) is 20.8 Å². The van der Waals surface area contributed by atoms with Crippen molar-refractivity contribution in [1.29, 1.82) is 0 Å². The molecule has 0 aromatic heterocycles. The summed E-state index contributed by atoms with van der Waals surface area (Å²) in [5, 5.41) is 0. The zero-order chi connectivity index (χ0) is 8.97. The van der Waals surface area contributed by atoms with Crippen LogP contribution in [0.2, 0.25) is 0 Å². The molecule has 0 heteroatoms. The summed E-state index contributed by atoms with van der Waals surface area (Å²) < 4.78 is 0. The van der Waals surface area contributed by atoms with E-state index in [9.17, 15) is 0 Å². The maximum atomic E-state index is 3.44. The quantitative estimate of drug-likeness (QED) is 0.635. The molecule has 64 valence electrons. The smallest absolute Gasteiger partial charge is 0.0198 e. The fraction of sp³-hybridized carbons (Fsp3) is 0.417. The SMILES string of the molecule is CC(C)C(C)[C]c1ccccc1. The summed E-state index contributed by atoms with van der Waals surface area (Å²) in [6, 6.07) is 10.3. The average Bonchev–Trinajstić information content (AvgIpc) is 2.06. The summed E-state index contributed by atoms with van der Waals surface area (Å²) in [7, 11) is 0. The minimum Gasteiger partial charge on any atom is -0.0625 e. The third-order valence-corrected chi connectivity index (χ3v) is 2.17. The van der Waals surface area contributed by atoms with E-state index in [4.69, 9.17) is 0 Å². The van der Waals surface area contributed by atoms with E-state index in [1.54, 1.807) is 0 Å². The maximum Gasteiger partial charge on any atom is 0.0198 e. The van der Waals surface area contributed by atoms with Crippen LogP contribution in [0.1, 0.15) is 26.3 Å². The molecule has 12 heavy (non-hydrogen) atoms. The molecular weight excluding hydrogens is 144 g/mol. The van der Waals surface area contributed by atoms with Crippen molar-refractivity contribution in [2.24, 2.45) is 11.8 Å². The van der Waals surface area contributed by atoms with Crippen LogP contribution in [0, 0.1) is 18.3 Å². The Kier molecular flexibility index (Phi) is 3.33. The molecule has 0 aliphatic heterocycles. The van der Waals surface area contributed by atoms with Gasteiger partial charge in [0.2, 0.25) is 0 Å². The highest BCUT2D eigenvalue weighted by Crippen LogP contribution is 2.17. The molecule has 0 spiro atoms. The van der Waals surface area contributed by atoms with Gasteiger partial charge in [0, 0.05) is 6.42 Å². The van der Waals surface area contributed by atoms with Gasteiger partial charge in [-0.15, -0.1) is 0 Å². The van der Waals surface area contributed by atoms with Crippen molar-refractivity contribution in [3.8, 4) is 0 Å². The van der Waals surface area contributed by atoms with Crippen LogP contribution in [0.25, 0.3) is 0 Å². The number of hydrogen-bond acceptors (Lipinski definition) is 0. The van der Waals surface area contributed by atoms with Gasteiger partial charge in [0.15, 0.2) is 0 Å². The molecule has 0 aliphatic rings. The first kappa shape index (κ1) is 9.31. The molecule has 0 nitrogen and oxygen atoms in total. The Morgan fingerprint density at radius 3 is 2.08 bits per heavy atom. The van der Waals surface area contributed by atoms with Gasteiger partial charge in [0.25, 0.3) is 0 Å². The summed E-state index contributed by atoms with van der Waals surface area (Å²) in [6.07, 6.45) is 3.44. The standard InChI is InChI=1S/C12H16/c1-10(2)11(3)9-12-7-5-4-6-8-12/h4-8,10-11H,1-3H3. The molecule has 0 saturated carbocycles. The van der Waals surface area contributed by atoms with Crippen LogP contribution in [-0.4, -0.2) is 0 Å². The van der Waals surface area contributed by atoms with Crippen LogP contribution in [-0.2, 0) is 0 Å². The molecule has 1 atom stereocenters. The molecule has 1 aromatic rings. The highest BCUT2D eigenvalue weighted by molar-refractivity contribution is 5.23. The second-order valence-electron chi connectivity index (χ2n) is 3.54. The summed E-state index contributed by atoms with van der Waals surface area (Å²) in [5.41, 5.74) is 1.21. The zero-order valence-corrected chi connectivity index (χ0v) is 8.04. The third-order valence-electron chi connectivity index (χ3n) is 2.17. The van der Waals surface area contributed by atoms with E-state index < -0.39 is 0 Å². The van der Waals surface area contributed by atoms with Crippen molar-refractivity contribution in [3.05, 3.63) is 42.3 Å². The summed E-state index contributed by atoms with van der Waals surface area (Å²) in [4.78, 5) is 0. The Bertz CT molecular complexity index is 211. The lowest BCUT2D eigenvalue weighted by atomic mass is 9.91. The molecule has 0 saturated heterocycles. The predicted octanol–water partition coefficient (Wildman–Crippen LogP) is 3.41. The van der Waals surface area contributed by atoms with Crippen LogP contribution >= 0.6 is 0 Å². The first-order valence-electron chi connectivity index (χ1n) is 4.51. The molecule has 0 N–H and O–H groups in total. The van der Waals surface area contributed by atoms with Crippen LogP contribution in [0.15, 0.2) is 30.3 Å². The molecule has 0 aliphatic carbocycles. The van der Waals surface area contributed by atoms with E-state index in [2.05, 4.69) is 51.5 Å². The minimum absolute atomic E-state index is 0.535. The summed E-state index contributed by atoms with van der Waals surface area (Å²) in [6.45, 7) is 6.65. The van der Waals surface area contributed by atoms with Gasteiger partial charge in [0.05, 0.1) is 0 Å². The zero-order valence-electron chi connectivity index (χ0n) is 8.04. The molecule has 0 bridgehead atoms. The Morgan fingerprint density at radius 2 is 1.58 bits per heavy atom. The molecule has 0 amide bonds. The van der Waals surface area contributed by atoms with Crippen molar-refractivity contribution in [2.75, 3.05) is 0 Å². The fourth-order valence-electron chi connectivity index (χ4n) is 0.964. The van der Waals surface area contributed by atoms with Crippen molar-refractivity contribution < 1.29 is 0 Å². The highest BCUT2D eigenvalue weighted by Gasteiger charge is 2.07. The largest absolute Gasteiger partial charge is 0.0625 e. The Balaban J connectivity index is 2.53. The molecule has 1 rings (SSSR count). The van der Waals surface area contributed by atoms with Gasteiger partial charge in [-0.1, -0.05) is 51.1 Å². The lowest BCUT2D eigenvalue weighted by molar-refractivity contribution is 0.481. The van der Waals surface area contributed by atoms with Crippen LogP contribution < -0.4 is 0 Å². The average molecular weight is 160 g/mol. The molecule has 1 unspecified atom stereocenters. The van der Waals surface area contributed by atoms with E-state index in [1.807, 2.05) is 6.07 Å². The first-order valence-corrected chi connectivity index (χ1v) is 4.51. The lowest BCUT2D eigenvalue weighted by Crippen LogP contribution is -2.04. The van der Waals surface area contributed by atoms with E-state index in [0.717, 1.165) is 0 Å². The Hall–Kier alpha value is -0.780. The topological polar surface area (TPSA) is 0 Å². The van der Waals surface area contributed by atoms with E-state index in [0.29, 0.717) is 11.8 Å². The van der Waals surface area contributed by atoms with Gasteiger partial charge in [-0.05, 0) is 17.4 Å². The van der Waals surface area contributed by atoms with Gasteiger partial charge < -0.3 is 0 Å². The summed E-state index contributed by atoms with van der Waals surface area (Å²) >= 11 is 0. The molecule has 0 heterocycles. The molecular formula is C12H16. The van der Waals surface area contributed by atoms with Gasteiger partial charge in [0.1, 0.15) is 0 Å². The van der Waals surface area contributed by atoms with Crippen LogP contribution in [0.3, 0.4) is 0 Å². The second-order valence-corrected chi connectivity index (χ2v) is 3.54. The number of hydrogen-bond donors (Lipinski definition) is 0. The number of rotatable bonds is 3. The van der Waals surface area contributed by atoms with Gasteiger partial charge >= 0.3 is 0 Å². The predicted molar refractivity (Wildman–Crippen MR) is 52.8 cm³/mol. The lowest BCUT2D eigenvalue weighted by Gasteiger charge is -2.13. The van der Waals surface area contributed by atoms with Crippen molar-refractivity contribution in [3.63, 3.8) is 0 Å². The Labute approximate surface area is 75.6 Å². The van der Waals surface area contributed by atoms with E-state index in [-0.39, 0.29) is 0 Å². The minimum atomic E-state index is 0.535. The first-order chi connectivity index (χ1) is 5.70. The van der Waals surface area contributed by atoms with E-state index in [1.165, 1.54) is 5.56 Å². The third kappa shape index (κ3) is 2.69. The van der Waals surface area contributed by atoms with Gasteiger partial charge in [-0.3, -0.25) is 0 Å². The molecule has 0 fully saturated rings. The maximum absolute atomic E-state index is 3.44. The summed E-state index contributed by atoms with van der Waals surface area (Å²) in [5.74, 6) is 1.21. The molecule has 1 aromatic carbocycles. The number of benzene rings is 1. The van der Waals surface area contributed by atoms with Crippen LogP contribution in [0.4, 0.5) is 0 Å². The highest BCUT2D eigenvalue weighted by atomic mass is 14.1.